The Morgan fingerprint density at radius 1 is 0.708 bits per heavy atom. The molecule has 0 heterocycles. The molecule has 0 spiro atoms. The molecule has 0 aliphatic heterocycles. The Morgan fingerprint density at radius 3 is 2.04 bits per heavy atom. The summed E-state index contributed by atoms with van der Waals surface area (Å²) in [7, 11) is -3.61. The van der Waals surface area contributed by atoms with Crippen LogP contribution < -0.4 is 10.0 Å². The van der Waals surface area contributed by atoms with Crippen LogP contribution in [0.1, 0.15) is 0 Å². The molecule has 2 N–H and O–H groups in total. The maximum atomic E-state index is 13.2. The first-order valence-corrected chi connectivity index (χ1v) is 8.72. The van der Waals surface area contributed by atoms with E-state index < -0.39 is 10.0 Å². The van der Waals surface area contributed by atoms with Gasteiger partial charge in [-0.1, -0.05) is 24.3 Å². The largest absolute Gasteiger partial charge is 0.355 e. The van der Waals surface area contributed by atoms with Crippen molar-refractivity contribution in [3.63, 3.8) is 0 Å². The van der Waals surface area contributed by atoms with Gasteiger partial charge in [-0.05, 0) is 54.6 Å². The van der Waals surface area contributed by atoms with Gasteiger partial charge in [-0.25, -0.2) is 12.8 Å². The van der Waals surface area contributed by atoms with Crippen LogP contribution in [0.3, 0.4) is 0 Å². The third kappa shape index (κ3) is 3.91. The highest BCUT2D eigenvalue weighted by molar-refractivity contribution is 7.92. The molecule has 0 bridgehead atoms. The first-order chi connectivity index (χ1) is 11.5. The quantitative estimate of drug-likeness (QED) is 0.724. The molecule has 122 valence electrons. The average Bonchev–Trinajstić information content (AvgIpc) is 2.57. The van der Waals surface area contributed by atoms with Crippen LogP contribution in [0.15, 0.2) is 83.8 Å². The van der Waals surface area contributed by atoms with Gasteiger partial charge in [-0.15, -0.1) is 0 Å². The summed E-state index contributed by atoms with van der Waals surface area (Å²) in [6.45, 7) is 0. The van der Waals surface area contributed by atoms with Crippen molar-refractivity contribution in [1.82, 2.24) is 0 Å². The smallest absolute Gasteiger partial charge is 0.261 e. The summed E-state index contributed by atoms with van der Waals surface area (Å²) in [5.41, 5.74) is 1.79. The number of halogens is 1. The molecular formula is C18H15FN2O2S. The van der Waals surface area contributed by atoms with Crippen molar-refractivity contribution >= 4 is 27.1 Å². The van der Waals surface area contributed by atoms with Crippen LogP contribution in [0.5, 0.6) is 0 Å². The Balaban J connectivity index is 1.73. The van der Waals surface area contributed by atoms with E-state index >= 15 is 0 Å². The summed E-state index contributed by atoms with van der Waals surface area (Å²) >= 11 is 0. The van der Waals surface area contributed by atoms with Crippen LogP contribution in [0.4, 0.5) is 21.5 Å². The average molecular weight is 342 g/mol. The molecule has 0 atom stereocenters. The van der Waals surface area contributed by atoms with E-state index in [0.717, 1.165) is 5.69 Å². The second-order valence-corrected chi connectivity index (χ2v) is 6.81. The van der Waals surface area contributed by atoms with Gasteiger partial charge in [0.05, 0.1) is 4.90 Å². The minimum absolute atomic E-state index is 0.201. The first kappa shape index (κ1) is 16.0. The lowest BCUT2D eigenvalue weighted by Gasteiger charge is -2.10. The number of nitrogens with one attached hydrogen (secondary N) is 2. The van der Waals surface area contributed by atoms with E-state index in [1.54, 1.807) is 54.6 Å². The van der Waals surface area contributed by atoms with E-state index in [0.29, 0.717) is 11.4 Å². The summed E-state index contributed by atoms with van der Waals surface area (Å²) < 4.78 is 40.2. The van der Waals surface area contributed by atoms with E-state index in [1.807, 2.05) is 0 Å². The van der Waals surface area contributed by atoms with Crippen molar-refractivity contribution in [1.29, 1.82) is 0 Å². The van der Waals surface area contributed by atoms with E-state index in [9.17, 15) is 12.8 Å². The number of benzene rings is 3. The van der Waals surface area contributed by atoms with Gasteiger partial charge in [0.25, 0.3) is 10.0 Å². The minimum Gasteiger partial charge on any atom is -0.355 e. The highest BCUT2D eigenvalue weighted by atomic mass is 32.2. The van der Waals surface area contributed by atoms with Crippen molar-refractivity contribution in [2.75, 3.05) is 10.0 Å². The van der Waals surface area contributed by atoms with Crippen LogP contribution in [-0.2, 0) is 10.0 Å². The van der Waals surface area contributed by atoms with Crippen LogP contribution >= 0.6 is 0 Å². The molecule has 0 fully saturated rings. The summed E-state index contributed by atoms with van der Waals surface area (Å²) in [6.07, 6.45) is 0. The zero-order chi connectivity index (χ0) is 17.0. The molecular weight excluding hydrogens is 327 g/mol. The SMILES string of the molecule is O=S(=O)(Nc1ccc(Nc2cccc(F)c2)cc1)c1ccccc1. The third-order valence-corrected chi connectivity index (χ3v) is 4.70. The zero-order valence-corrected chi connectivity index (χ0v) is 13.4. The van der Waals surface area contributed by atoms with E-state index in [4.69, 9.17) is 0 Å². The van der Waals surface area contributed by atoms with E-state index in [1.165, 1.54) is 24.3 Å². The van der Waals surface area contributed by atoms with Crippen LogP contribution in [0.25, 0.3) is 0 Å². The fourth-order valence-electron chi connectivity index (χ4n) is 2.17. The highest BCUT2D eigenvalue weighted by Gasteiger charge is 2.13. The van der Waals surface area contributed by atoms with Crippen molar-refractivity contribution < 1.29 is 12.8 Å². The van der Waals surface area contributed by atoms with Crippen molar-refractivity contribution in [3.8, 4) is 0 Å². The van der Waals surface area contributed by atoms with Gasteiger partial charge in [0, 0.05) is 17.1 Å². The second kappa shape index (κ2) is 6.72. The highest BCUT2D eigenvalue weighted by Crippen LogP contribution is 2.21. The monoisotopic (exact) mass is 342 g/mol. The van der Waals surface area contributed by atoms with E-state index in [-0.39, 0.29) is 10.7 Å². The van der Waals surface area contributed by atoms with Crippen LogP contribution in [0.2, 0.25) is 0 Å². The fourth-order valence-corrected chi connectivity index (χ4v) is 3.25. The van der Waals surface area contributed by atoms with Gasteiger partial charge in [-0.2, -0.15) is 0 Å². The number of rotatable bonds is 5. The molecule has 0 aliphatic rings. The molecule has 6 heteroatoms. The van der Waals surface area contributed by atoms with Crippen molar-refractivity contribution in [2.45, 2.75) is 4.90 Å². The molecule has 24 heavy (non-hydrogen) atoms. The predicted octanol–water partition coefficient (Wildman–Crippen LogP) is 4.37. The van der Waals surface area contributed by atoms with Crippen molar-refractivity contribution in [2.24, 2.45) is 0 Å². The molecule has 0 amide bonds. The summed E-state index contributed by atoms with van der Waals surface area (Å²) in [6, 6.07) is 21.0. The second-order valence-electron chi connectivity index (χ2n) is 5.13. The molecule has 0 aromatic heterocycles. The summed E-state index contributed by atoms with van der Waals surface area (Å²) in [4.78, 5) is 0.201. The lowest BCUT2D eigenvalue weighted by atomic mass is 10.2. The molecule has 3 rings (SSSR count). The van der Waals surface area contributed by atoms with Crippen molar-refractivity contribution in [3.05, 3.63) is 84.7 Å². The van der Waals surface area contributed by atoms with E-state index in [2.05, 4.69) is 10.0 Å². The lowest BCUT2D eigenvalue weighted by Crippen LogP contribution is -2.12. The summed E-state index contributed by atoms with van der Waals surface area (Å²) in [5, 5.41) is 3.05. The molecule has 4 nitrogen and oxygen atoms in total. The Kier molecular flexibility index (Phi) is 4.48. The fraction of sp³-hybridized carbons (Fsp3) is 0. The zero-order valence-electron chi connectivity index (χ0n) is 12.6. The molecule has 0 radical (unpaired) electrons. The standard InChI is InChI=1S/C18H15FN2O2S/c19-14-5-4-6-17(13-14)20-15-9-11-16(12-10-15)21-24(22,23)18-7-2-1-3-8-18/h1-13,20-21H. The maximum absolute atomic E-state index is 13.2. The minimum atomic E-state index is -3.61. The van der Waals surface area contributed by atoms with Gasteiger partial charge in [0.15, 0.2) is 0 Å². The molecule has 0 saturated carbocycles. The molecule has 0 aliphatic carbocycles. The molecule has 0 saturated heterocycles. The Labute approximate surface area is 140 Å². The molecule has 3 aromatic rings. The molecule has 3 aromatic carbocycles. The number of sulfonamides is 1. The topological polar surface area (TPSA) is 58.2 Å². The Morgan fingerprint density at radius 2 is 1.38 bits per heavy atom. The van der Waals surface area contributed by atoms with Crippen LogP contribution in [0, 0.1) is 5.82 Å². The predicted molar refractivity (Wildman–Crippen MR) is 93.4 cm³/mol. The van der Waals surface area contributed by atoms with Gasteiger partial charge in [0.1, 0.15) is 5.82 Å². The Hall–Kier alpha value is -2.86. The third-order valence-electron chi connectivity index (χ3n) is 3.30. The molecule has 0 unspecified atom stereocenters. The normalized spacial score (nSPS) is 11.0. The summed E-state index contributed by atoms with van der Waals surface area (Å²) in [5.74, 6) is -0.327. The first-order valence-electron chi connectivity index (χ1n) is 7.23. The van der Waals surface area contributed by atoms with Gasteiger partial charge < -0.3 is 5.32 Å². The lowest BCUT2D eigenvalue weighted by molar-refractivity contribution is 0.601. The van der Waals surface area contributed by atoms with Crippen LogP contribution in [-0.4, -0.2) is 8.42 Å². The number of anilines is 3. The van der Waals surface area contributed by atoms with Gasteiger partial charge in [-0.3, -0.25) is 4.72 Å². The Bertz CT molecular complexity index is 927. The van der Waals surface area contributed by atoms with Gasteiger partial charge >= 0.3 is 0 Å². The maximum Gasteiger partial charge on any atom is 0.261 e. The number of hydrogen-bond acceptors (Lipinski definition) is 3. The van der Waals surface area contributed by atoms with Gasteiger partial charge in [0.2, 0.25) is 0 Å². The number of hydrogen-bond donors (Lipinski definition) is 2.